The molecule has 0 bridgehead atoms. The highest BCUT2D eigenvalue weighted by atomic mass is 16.5. The smallest absolute Gasteiger partial charge is 0.233 e. The molecule has 2 heterocycles. The number of allylic oxidation sites excluding steroid dienone is 1. The molecule has 5 nitrogen and oxygen atoms in total. The van der Waals surface area contributed by atoms with E-state index in [0.717, 1.165) is 38.0 Å². The van der Waals surface area contributed by atoms with Crippen molar-refractivity contribution in [1.82, 2.24) is 9.80 Å². The number of ether oxygens (including phenoxy) is 1. The average molecular weight is 495 g/mol. The summed E-state index contributed by atoms with van der Waals surface area (Å²) in [5.41, 5.74) is 1.49. The summed E-state index contributed by atoms with van der Waals surface area (Å²) in [7, 11) is 0. The van der Waals surface area contributed by atoms with Gasteiger partial charge in [-0.3, -0.25) is 19.4 Å². The van der Waals surface area contributed by atoms with Crippen molar-refractivity contribution in [2.75, 3.05) is 26.2 Å². The Morgan fingerprint density at radius 1 is 1.03 bits per heavy atom. The zero-order chi connectivity index (χ0) is 24.6. The van der Waals surface area contributed by atoms with E-state index in [4.69, 9.17) is 4.74 Å². The Morgan fingerprint density at radius 2 is 1.69 bits per heavy atom. The second kappa shape index (κ2) is 15.1. The van der Waals surface area contributed by atoms with E-state index < -0.39 is 0 Å². The number of rotatable bonds is 14. The van der Waals surface area contributed by atoms with Crippen molar-refractivity contribution in [3.63, 3.8) is 0 Å². The molecule has 0 aromatic rings. The van der Waals surface area contributed by atoms with Crippen molar-refractivity contribution in [3.05, 3.63) is 12.2 Å². The highest BCUT2D eigenvalue weighted by molar-refractivity contribution is 6.03. The summed E-state index contributed by atoms with van der Waals surface area (Å²) in [6.45, 7) is 20.7. The second-order valence-corrected chi connectivity index (χ2v) is 12.4. The van der Waals surface area contributed by atoms with Crippen LogP contribution in [0, 0.1) is 16.7 Å². The van der Waals surface area contributed by atoms with Gasteiger partial charge in [0.1, 0.15) is 6.23 Å². The van der Waals surface area contributed by atoms with E-state index in [9.17, 15) is 9.59 Å². The summed E-state index contributed by atoms with van der Waals surface area (Å²) in [5.74, 6) is -0.270. The van der Waals surface area contributed by atoms with Crippen molar-refractivity contribution in [1.29, 1.82) is 0 Å². The van der Waals surface area contributed by atoms with E-state index in [1.165, 1.54) is 37.0 Å². The number of hydrogen-bond acceptors (Lipinski definition) is 4. The van der Waals surface area contributed by atoms with E-state index in [1.807, 2.05) is 0 Å². The van der Waals surface area contributed by atoms with Gasteiger partial charge in [-0.25, -0.2) is 0 Å². The highest BCUT2D eigenvalue weighted by Crippen LogP contribution is 2.39. The number of hydrogen-bond donors (Lipinski definition) is 0. The first kappa shape index (κ1) is 33.8. The third kappa shape index (κ3) is 11.6. The Kier molecular flexibility index (Phi) is 14.6. The molecular formula is C30H58N2O3. The molecule has 0 aromatic carbocycles. The number of likely N-dealkylation sites (tertiary alicyclic amines) is 1. The van der Waals surface area contributed by atoms with Crippen molar-refractivity contribution < 1.29 is 14.3 Å². The Hall–Kier alpha value is -1.20. The Morgan fingerprint density at radius 3 is 2.31 bits per heavy atom. The summed E-state index contributed by atoms with van der Waals surface area (Å²) in [6, 6.07) is 0. The Balaban J connectivity index is 0.00000578. The van der Waals surface area contributed by atoms with E-state index in [-0.39, 0.29) is 49.6 Å². The van der Waals surface area contributed by atoms with Crippen molar-refractivity contribution in [2.45, 2.75) is 127 Å². The van der Waals surface area contributed by atoms with Gasteiger partial charge in [0, 0.05) is 26.1 Å². The lowest BCUT2D eigenvalue weighted by molar-refractivity contribution is -0.139. The molecule has 0 radical (unpaired) electrons. The minimum absolute atomic E-state index is 0. The number of nitrogens with zero attached hydrogens (tertiary/aromatic N) is 2. The maximum absolute atomic E-state index is 13.0. The van der Waals surface area contributed by atoms with Gasteiger partial charge in [0.15, 0.2) is 0 Å². The highest BCUT2D eigenvalue weighted by Gasteiger charge is 2.39. The van der Waals surface area contributed by atoms with E-state index >= 15 is 0 Å². The van der Waals surface area contributed by atoms with E-state index in [0.29, 0.717) is 25.9 Å². The number of imide groups is 1. The standard InChI is InChI=1S/C28H50N2O3.2CH4/c1-8-9-10-11-12-13-25-29(16-17-33-25)14-15-30-24(31)19-23(26(30)32)18-22(2)20-28(6,7)21-27(3,4)5;;/h23,25H,2,8-21H2,1,3-7H3;2*1H4. The monoisotopic (exact) mass is 494 g/mol. The van der Waals surface area contributed by atoms with Gasteiger partial charge in [-0.1, -0.05) is 94.2 Å². The largest absolute Gasteiger partial charge is 0.362 e. The van der Waals surface area contributed by atoms with Gasteiger partial charge in [-0.2, -0.15) is 0 Å². The molecule has 0 aromatic heterocycles. The van der Waals surface area contributed by atoms with Crippen LogP contribution in [-0.4, -0.2) is 54.1 Å². The lowest BCUT2D eigenvalue weighted by Gasteiger charge is -2.33. The molecule has 2 aliphatic heterocycles. The van der Waals surface area contributed by atoms with Crippen molar-refractivity contribution >= 4 is 11.8 Å². The second-order valence-electron chi connectivity index (χ2n) is 12.4. The third-order valence-electron chi connectivity index (χ3n) is 6.87. The van der Waals surface area contributed by atoms with Gasteiger partial charge >= 0.3 is 0 Å². The van der Waals surface area contributed by atoms with Gasteiger partial charge in [0.25, 0.3) is 0 Å². The van der Waals surface area contributed by atoms with Crippen molar-refractivity contribution in [3.8, 4) is 0 Å². The van der Waals surface area contributed by atoms with Crippen LogP contribution < -0.4 is 0 Å². The topological polar surface area (TPSA) is 49.9 Å². The fourth-order valence-corrected chi connectivity index (χ4v) is 5.97. The molecule has 0 saturated carbocycles. The first-order chi connectivity index (χ1) is 15.4. The molecular weight excluding hydrogens is 436 g/mol. The van der Waals surface area contributed by atoms with Gasteiger partial charge in [0.2, 0.25) is 11.8 Å². The summed E-state index contributed by atoms with van der Waals surface area (Å²) < 4.78 is 5.92. The zero-order valence-corrected chi connectivity index (χ0v) is 22.4. The first-order valence-corrected chi connectivity index (χ1v) is 13.3. The minimum atomic E-state index is -0.236. The molecule has 2 rings (SSSR count). The van der Waals surface area contributed by atoms with Crippen LogP contribution in [0.1, 0.15) is 121 Å². The van der Waals surface area contributed by atoms with Crippen LogP contribution in [0.3, 0.4) is 0 Å². The predicted molar refractivity (Wildman–Crippen MR) is 149 cm³/mol. The van der Waals surface area contributed by atoms with Gasteiger partial charge < -0.3 is 4.74 Å². The summed E-state index contributed by atoms with van der Waals surface area (Å²) in [4.78, 5) is 29.5. The number of carbonyl (C=O) groups is 2. The van der Waals surface area contributed by atoms with Gasteiger partial charge in [-0.15, -0.1) is 0 Å². The molecule has 0 spiro atoms. The molecule has 2 fully saturated rings. The molecule has 35 heavy (non-hydrogen) atoms. The first-order valence-electron chi connectivity index (χ1n) is 13.3. The number of carbonyl (C=O) groups excluding carboxylic acids is 2. The zero-order valence-electron chi connectivity index (χ0n) is 22.4. The number of amides is 2. The quantitative estimate of drug-likeness (QED) is 0.143. The van der Waals surface area contributed by atoms with E-state index in [1.54, 1.807) is 0 Å². The average Bonchev–Trinajstić information content (AvgIpc) is 3.21. The maximum atomic E-state index is 13.0. The molecule has 2 unspecified atom stereocenters. The summed E-state index contributed by atoms with van der Waals surface area (Å²) in [5, 5.41) is 0. The lowest BCUT2D eigenvalue weighted by Crippen LogP contribution is -2.40. The van der Waals surface area contributed by atoms with Crippen LogP contribution in [0.15, 0.2) is 12.2 Å². The van der Waals surface area contributed by atoms with Crippen LogP contribution in [0.25, 0.3) is 0 Å². The van der Waals surface area contributed by atoms with Crippen LogP contribution in [0.2, 0.25) is 0 Å². The molecule has 2 amide bonds. The van der Waals surface area contributed by atoms with Gasteiger partial charge in [0.05, 0.1) is 12.5 Å². The fourth-order valence-electron chi connectivity index (χ4n) is 5.97. The SMILES string of the molecule is C.C.C=C(CC1CC(=O)N(CCN2CCOC2CCCCCCC)C1=O)CC(C)(C)CC(C)(C)C. The predicted octanol–water partition coefficient (Wildman–Crippen LogP) is 7.45. The molecule has 0 aliphatic carbocycles. The lowest BCUT2D eigenvalue weighted by atomic mass is 9.72. The molecule has 206 valence electrons. The Bertz CT molecular complexity index is 665. The fraction of sp³-hybridized carbons (Fsp3) is 0.867. The van der Waals surface area contributed by atoms with Crippen molar-refractivity contribution in [2.24, 2.45) is 16.7 Å². The van der Waals surface area contributed by atoms with Gasteiger partial charge in [-0.05, 0) is 42.9 Å². The third-order valence-corrected chi connectivity index (χ3v) is 6.87. The van der Waals surface area contributed by atoms with Crippen LogP contribution in [-0.2, 0) is 14.3 Å². The molecule has 5 heteroatoms. The maximum Gasteiger partial charge on any atom is 0.233 e. The summed E-state index contributed by atoms with van der Waals surface area (Å²) in [6.07, 6.45) is 10.4. The molecule has 2 saturated heterocycles. The molecule has 0 N–H and O–H groups in total. The van der Waals surface area contributed by atoms with E-state index in [2.05, 4.69) is 53.0 Å². The molecule has 2 atom stereocenters. The normalized spacial score (nSPS) is 21.3. The number of unbranched alkanes of at least 4 members (excludes halogenated alkanes) is 4. The Labute approximate surface area is 218 Å². The minimum Gasteiger partial charge on any atom is -0.362 e. The molecule has 2 aliphatic rings. The van der Waals surface area contributed by atoms with Crippen LogP contribution in [0.4, 0.5) is 0 Å². The summed E-state index contributed by atoms with van der Waals surface area (Å²) >= 11 is 0. The van der Waals surface area contributed by atoms with Crippen LogP contribution in [0.5, 0.6) is 0 Å². The van der Waals surface area contributed by atoms with Crippen LogP contribution >= 0.6 is 0 Å².